The molecule has 1 unspecified atom stereocenters. The number of benzene rings is 2. The molecule has 148 valence electrons. The Hall–Kier alpha value is -3.00. The van der Waals surface area contributed by atoms with Crippen LogP contribution < -0.4 is 5.73 Å². The highest BCUT2D eigenvalue weighted by Gasteiger charge is 2.51. The summed E-state index contributed by atoms with van der Waals surface area (Å²) >= 11 is 1.38. The van der Waals surface area contributed by atoms with Crippen molar-refractivity contribution in [2.24, 2.45) is 5.73 Å². The molecule has 1 heterocycles. The van der Waals surface area contributed by atoms with Crippen molar-refractivity contribution in [3.05, 3.63) is 70.6 Å². The molecule has 7 heteroatoms. The van der Waals surface area contributed by atoms with E-state index in [1.165, 1.54) is 11.3 Å². The summed E-state index contributed by atoms with van der Waals surface area (Å²) < 4.78 is 0. The predicted molar refractivity (Wildman–Crippen MR) is 110 cm³/mol. The molecule has 1 atom stereocenters. The van der Waals surface area contributed by atoms with Gasteiger partial charge < -0.3 is 21.1 Å². The van der Waals surface area contributed by atoms with Crippen LogP contribution in [0, 0.1) is 0 Å². The molecular weight excluding hydrogens is 390 g/mol. The molecule has 1 saturated carbocycles. The number of aromatic carboxylic acids is 1. The molecule has 1 aliphatic carbocycles. The molecule has 0 amide bonds. The van der Waals surface area contributed by atoms with Gasteiger partial charge in [0, 0.05) is 10.4 Å². The number of rotatable bonds is 6. The Labute approximate surface area is 170 Å². The fourth-order valence-corrected chi connectivity index (χ4v) is 4.56. The van der Waals surface area contributed by atoms with E-state index in [0.717, 1.165) is 10.4 Å². The number of aliphatic hydroxyl groups excluding tert-OH is 1. The van der Waals surface area contributed by atoms with E-state index in [-0.39, 0.29) is 5.56 Å². The molecule has 4 rings (SSSR count). The smallest absolute Gasteiger partial charge is 0.336 e. The van der Waals surface area contributed by atoms with Crippen LogP contribution in [-0.2, 0) is 10.2 Å². The van der Waals surface area contributed by atoms with Gasteiger partial charge in [-0.1, -0.05) is 36.4 Å². The first kappa shape index (κ1) is 19.3. The molecule has 0 saturated heterocycles. The van der Waals surface area contributed by atoms with Crippen molar-refractivity contribution in [3.8, 4) is 21.6 Å². The maximum Gasteiger partial charge on any atom is 0.336 e. The van der Waals surface area contributed by atoms with Crippen LogP contribution in [0.3, 0.4) is 0 Å². The molecule has 1 aromatic heterocycles. The fraction of sp³-hybridized carbons (Fsp3) is 0.182. The quantitative estimate of drug-likeness (QED) is 0.459. The number of thiophene rings is 1. The minimum Gasteiger partial charge on any atom is -0.481 e. The number of hydrogen-bond acceptors (Lipinski definition) is 5. The summed E-state index contributed by atoms with van der Waals surface area (Å²) in [5.74, 6) is -1.89. The summed E-state index contributed by atoms with van der Waals surface area (Å²) in [4.78, 5) is 24.1. The molecular formula is C22H19NO5S. The lowest BCUT2D eigenvalue weighted by molar-refractivity contribution is -0.140. The Morgan fingerprint density at radius 1 is 1.00 bits per heavy atom. The second-order valence-corrected chi connectivity index (χ2v) is 8.10. The van der Waals surface area contributed by atoms with E-state index < -0.39 is 23.6 Å². The van der Waals surface area contributed by atoms with Gasteiger partial charge in [-0.05, 0) is 52.6 Å². The highest BCUT2D eigenvalue weighted by molar-refractivity contribution is 7.13. The zero-order valence-corrected chi connectivity index (χ0v) is 16.1. The Balaban J connectivity index is 1.74. The van der Waals surface area contributed by atoms with Crippen molar-refractivity contribution in [3.63, 3.8) is 0 Å². The highest BCUT2D eigenvalue weighted by Crippen LogP contribution is 2.48. The first-order valence-electron chi connectivity index (χ1n) is 9.06. The summed E-state index contributed by atoms with van der Waals surface area (Å²) in [5, 5.41) is 30.7. The van der Waals surface area contributed by atoms with E-state index in [1.807, 2.05) is 0 Å². The maximum atomic E-state index is 11.9. The molecule has 6 nitrogen and oxygen atoms in total. The summed E-state index contributed by atoms with van der Waals surface area (Å²) in [7, 11) is 0. The average molecular weight is 409 g/mol. The third kappa shape index (κ3) is 3.33. The predicted octanol–water partition coefficient (Wildman–Crippen LogP) is 3.85. The molecule has 0 aliphatic heterocycles. The number of carboxylic acid groups (broad SMARTS) is 2. The van der Waals surface area contributed by atoms with Crippen LogP contribution in [0.5, 0.6) is 0 Å². The zero-order valence-electron chi connectivity index (χ0n) is 15.3. The first-order chi connectivity index (χ1) is 13.8. The van der Waals surface area contributed by atoms with Crippen LogP contribution in [0.4, 0.5) is 0 Å². The van der Waals surface area contributed by atoms with Crippen LogP contribution in [-0.4, -0.2) is 27.3 Å². The molecule has 0 radical (unpaired) electrons. The monoisotopic (exact) mass is 409 g/mol. The van der Waals surface area contributed by atoms with Crippen molar-refractivity contribution >= 4 is 23.3 Å². The summed E-state index contributed by atoms with van der Waals surface area (Å²) in [6, 6.07) is 13.9. The second-order valence-electron chi connectivity index (χ2n) is 7.18. The normalized spacial score (nSPS) is 15.7. The minimum atomic E-state index is -1.14. The number of aliphatic carboxylic acids is 1. The van der Waals surface area contributed by atoms with Crippen molar-refractivity contribution in [2.45, 2.75) is 24.5 Å². The molecule has 2 aromatic carbocycles. The number of aliphatic hydroxyl groups is 1. The van der Waals surface area contributed by atoms with E-state index >= 15 is 0 Å². The third-order valence-corrected chi connectivity index (χ3v) is 6.41. The van der Waals surface area contributed by atoms with Crippen LogP contribution in [0.15, 0.2) is 53.9 Å². The molecule has 3 aromatic rings. The van der Waals surface area contributed by atoms with Crippen LogP contribution in [0.1, 0.15) is 40.6 Å². The van der Waals surface area contributed by atoms with Crippen molar-refractivity contribution < 1.29 is 24.9 Å². The van der Waals surface area contributed by atoms with Gasteiger partial charge in [-0.15, -0.1) is 11.3 Å². The lowest BCUT2D eigenvalue weighted by atomic mass is 9.91. The van der Waals surface area contributed by atoms with E-state index in [4.69, 9.17) is 5.73 Å². The topological polar surface area (TPSA) is 121 Å². The minimum absolute atomic E-state index is 0.125. The van der Waals surface area contributed by atoms with Crippen LogP contribution in [0.2, 0.25) is 0 Å². The Kier molecular flexibility index (Phi) is 4.74. The Morgan fingerprint density at radius 2 is 1.66 bits per heavy atom. The molecule has 1 fully saturated rings. The van der Waals surface area contributed by atoms with Gasteiger partial charge in [0.2, 0.25) is 0 Å². The number of nitrogens with two attached hydrogens (primary N) is 1. The lowest BCUT2D eigenvalue weighted by Crippen LogP contribution is -2.19. The second kappa shape index (κ2) is 7.11. The number of carboxylic acids is 2. The number of carbonyl (C=O) groups is 2. The van der Waals surface area contributed by atoms with Crippen LogP contribution >= 0.6 is 11.3 Å². The van der Waals surface area contributed by atoms with Gasteiger partial charge in [0.25, 0.3) is 0 Å². The highest BCUT2D eigenvalue weighted by atomic mass is 32.1. The van der Waals surface area contributed by atoms with Gasteiger partial charge in [-0.2, -0.15) is 0 Å². The molecule has 1 aliphatic rings. The first-order valence-corrected chi connectivity index (χ1v) is 9.94. The van der Waals surface area contributed by atoms with E-state index in [2.05, 4.69) is 0 Å². The van der Waals surface area contributed by atoms with Gasteiger partial charge >= 0.3 is 11.9 Å². The summed E-state index contributed by atoms with van der Waals surface area (Å²) in [6.07, 6.45) is 0.0977. The van der Waals surface area contributed by atoms with Gasteiger partial charge in [0.15, 0.2) is 0 Å². The van der Waals surface area contributed by atoms with Gasteiger partial charge in [0.1, 0.15) is 6.23 Å². The van der Waals surface area contributed by atoms with Gasteiger partial charge in [-0.25, -0.2) is 4.79 Å². The lowest BCUT2D eigenvalue weighted by Gasteiger charge is -2.13. The van der Waals surface area contributed by atoms with Gasteiger partial charge in [0.05, 0.1) is 11.0 Å². The fourth-order valence-electron chi connectivity index (χ4n) is 3.62. The Bertz CT molecular complexity index is 1100. The molecule has 0 bridgehead atoms. The molecule has 0 spiro atoms. The summed E-state index contributed by atoms with van der Waals surface area (Å²) in [5.41, 5.74) is 8.12. The van der Waals surface area contributed by atoms with Crippen molar-refractivity contribution in [1.82, 2.24) is 0 Å². The molecule has 29 heavy (non-hydrogen) atoms. The Morgan fingerprint density at radius 3 is 2.21 bits per heavy atom. The average Bonchev–Trinajstić information content (AvgIpc) is 3.37. The van der Waals surface area contributed by atoms with Crippen molar-refractivity contribution in [1.29, 1.82) is 0 Å². The van der Waals surface area contributed by atoms with E-state index in [1.54, 1.807) is 53.9 Å². The maximum absolute atomic E-state index is 11.9. The largest absolute Gasteiger partial charge is 0.481 e. The SMILES string of the molecule is NC(O)c1ccsc1-c1ccc(-c2ccc(C3(C(=O)O)CC3)cc2)c(C(=O)O)c1. The van der Waals surface area contributed by atoms with Crippen LogP contribution in [0.25, 0.3) is 21.6 Å². The van der Waals surface area contributed by atoms with E-state index in [9.17, 15) is 24.9 Å². The third-order valence-electron chi connectivity index (χ3n) is 5.43. The standard InChI is InChI=1S/C22H19NO5S/c23-19(24)16-7-10-29-18(16)13-3-6-15(17(11-13)20(25)26)12-1-4-14(5-2-12)22(8-9-22)21(27)28/h1-7,10-11,19,24H,8-9,23H2,(H,25,26)(H,27,28). The summed E-state index contributed by atoms with van der Waals surface area (Å²) in [6.45, 7) is 0. The number of hydrogen-bond donors (Lipinski definition) is 4. The van der Waals surface area contributed by atoms with Crippen molar-refractivity contribution in [2.75, 3.05) is 0 Å². The zero-order chi connectivity index (χ0) is 20.8. The van der Waals surface area contributed by atoms with Gasteiger partial charge in [-0.3, -0.25) is 4.79 Å². The molecule has 5 N–H and O–H groups in total. The van der Waals surface area contributed by atoms with E-state index in [0.29, 0.717) is 35.1 Å².